The zero-order valence-electron chi connectivity index (χ0n) is 13.3. The van der Waals surface area contributed by atoms with Gasteiger partial charge >= 0.3 is 5.97 Å². The van der Waals surface area contributed by atoms with E-state index in [9.17, 15) is 9.59 Å². The van der Waals surface area contributed by atoms with E-state index in [1.54, 1.807) is 32.2 Å². The molecule has 1 N–H and O–H groups in total. The van der Waals surface area contributed by atoms with Crippen LogP contribution >= 0.6 is 11.3 Å². The van der Waals surface area contributed by atoms with Crippen molar-refractivity contribution >= 4 is 28.3 Å². The first-order valence-electron chi connectivity index (χ1n) is 7.13. The van der Waals surface area contributed by atoms with Crippen molar-refractivity contribution in [2.75, 3.05) is 25.6 Å². The lowest BCUT2D eigenvalue weighted by atomic mass is 10.2. The fourth-order valence-electron chi connectivity index (χ4n) is 1.72. The molecule has 0 saturated carbocycles. The minimum atomic E-state index is -0.438. The Morgan fingerprint density at radius 3 is 2.88 bits per heavy atom. The molecule has 1 aromatic heterocycles. The fourth-order valence-corrected chi connectivity index (χ4v) is 2.45. The van der Waals surface area contributed by atoms with Gasteiger partial charge in [0.25, 0.3) is 5.91 Å². The lowest BCUT2D eigenvalue weighted by Gasteiger charge is -2.07. The van der Waals surface area contributed by atoms with E-state index < -0.39 is 5.97 Å². The van der Waals surface area contributed by atoms with E-state index in [0.717, 1.165) is 0 Å². The number of ether oxygens (including phenoxy) is 3. The van der Waals surface area contributed by atoms with Crippen molar-refractivity contribution in [3.8, 4) is 5.75 Å². The van der Waals surface area contributed by atoms with Gasteiger partial charge in [0.05, 0.1) is 12.2 Å². The Hall–Kier alpha value is -2.52. The molecule has 0 saturated heterocycles. The van der Waals surface area contributed by atoms with Crippen LogP contribution in [0.1, 0.15) is 22.3 Å². The highest BCUT2D eigenvalue weighted by Gasteiger charge is 2.10. The number of aromatic nitrogens is 2. The van der Waals surface area contributed by atoms with Gasteiger partial charge in [-0.1, -0.05) is 17.4 Å². The molecule has 0 aliphatic heterocycles. The second-order valence-corrected chi connectivity index (χ2v) is 5.58. The van der Waals surface area contributed by atoms with Crippen LogP contribution in [-0.4, -0.2) is 42.4 Å². The van der Waals surface area contributed by atoms with E-state index in [0.29, 0.717) is 34.7 Å². The first kappa shape index (κ1) is 17.8. The Labute approximate surface area is 142 Å². The van der Waals surface area contributed by atoms with Gasteiger partial charge in [0.2, 0.25) is 5.13 Å². The molecule has 9 heteroatoms. The maximum Gasteiger partial charge on any atom is 0.338 e. The van der Waals surface area contributed by atoms with Crippen LogP contribution in [-0.2, 0) is 20.9 Å². The maximum absolute atomic E-state index is 11.9. The van der Waals surface area contributed by atoms with Gasteiger partial charge in [-0.05, 0) is 25.1 Å². The van der Waals surface area contributed by atoms with Crippen molar-refractivity contribution in [3.63, 3.8) is 0 Å². The van der Waals surface area contributed by atoms with Crippen LogP contribution in [0.25, 0.3) is 0 Å². The molecule has 0 unspecified atom stereocenters. The SMILES string of the molecule is CCOC(=O)c1cccc(OCC(=O)Nc2nnc(COC)s2)c1. The molecular formula is C15H17N3O5S. The van der Waals surface area contributed by atoms with E-state index in [2.05, 4.69) is 15.5 Å². The average Bonchev–Trinajstić information content (AvgIpc) is 3.01. The minimum absolute atomic E-state index is 0.217. The topological polar surface area (TPSA) is 99.6 Å². The summed E-state index contributed by atoms with van der Waals surface area (Å²) in [6, 6.07) is 6.44. The first-order chi connectivity index (χ1) is 11.6. The van der Waals surface area contributed by atoms with E-state index in [-0.39, 0.29) is 12.5 Å². The Balaban J connectivity index is 1.86. The molecule has 0 fully saturated rings. The molecule has 0 spiro atoms. The van der Waals surface area contributed by atoms with Crippen molar-refractivity contribution in [2.24, 2.45) is 0 Å². The Morgan fingerprint density at radius 1 is 1.29 bits per heavy atom. The predicted octanol–water partition coefficient (Wildman–Crippen LogP) is 1.88. The maximum atomic E-state index is 11.9. The highest BCUT2D eigenvalue weighted by atomic mass is 32.1. The van der Waals surface area contributed by atoms with Gasteiger partial charge in [0.15, 0.2) is 6.61 Å². The first-order valence-corrected chi connectivity index (χ1v) is 7.95. The molecule has 24 heavy (non-hydrogen) atoms. The molecule has 2 aromatic rings. The summed E-state index contributed by atoms with van der Waals surface area (Å²) in [5, 5.41) is 11.3. The van der Waals surface area contributed by atoms with Crippen molar-refractivity contribution in [1.29, 1.82) is 0 Å². The molecular weight excluding hydrogens is 334 g/mol. The van der Waals surface area contributed by atoms with Crippen LogP contribution in [0.3, 0.4) is 0 Å². The molecule has 0 aliphatic carbocycles. The number of benzene rings is 1. The Kier molecular flexibility index (Phi) is 6.64. The highest BCUT2D eigenvalue weighted by Crippen LogP contribution is 2.17. The van der Waals surface area contributed by atoms with Gasteiger partial charge in [-0.15, -0.1) is 10.2 Å². The summed E-state index contributed by atoms with van der Waals surface area (Å²) < 4.78 is 15.2. The van der Waals surface area contributed by atoms with Crippen molar-refractivity contribution in [3.05, 3.63) is 34.8 Å². The Morgan fingerprint density at radius 2 is 2.12 bits per heavy atom. The molecule has 1 amide bonds. The van der Waals surface area contributed by atoms with Crippen molar-refractivity contribution in [2.45, 2.75) is 13.5 Å². The third-order valence-corrected chi connectivity index (χ3v) is 3.51. The fraction of sp³-hybridized carbons (Fsp3) is 0.333. The second-order valence-electron chi connectivity index (χ2n) is 4.52. The zero-order chi connectivity index (χ0) is 17.4. The average molecular weight is 351 g/mol. The molecule has 0 bridgehead atoms. The highest BCUT2D eigenvalue weighted by molar-refractivity contribution is 7.15. The van der Waals surface area contributed by atoms with E-state index in [1.165, 1.54) is 17.4 Å². The molecule has 128 valence electrons. The number of anilines is 1. The number of carbonyl (C=O) groups is 2. The number of carbonyl (C=O) groups excluding carboxylic acids is 2. The Bertz CT molecular complexity index is 704. The number of nitrogens with one attached hydrogen (secondary N) is 1. The van der Waals surface area contributed by atoms with E-state index in [4.69, 9.17) is 14.2 Å². The molecule has 2 rings (SSSR count). The third-order valence-electron chi connectivity index (χ3n) is 2.70. The van der Waals surface area contributed by atoms with Crippen LogP contribution < -0.4 is 10.1 Å². The number of hydrogen-bond donors (Lipinski definition) is 1. The van der Waals surface area contributed by atoms with Gasteiger partial charge in [0, 0.05) is 7.11 Å². The summed E-state index contributed by atoms with van der Waals surface area (Å²) in [5.74, 6) is -0.420. The van der Waals surface area contributed by atoms with Gasteiger partial charge in [-0.2, -0.15) is 0 Å². The summed E-state index contributed by atoms with van der Waals surface area (Å²) >= 11 is 1.22. The van der Waals surface area contributed by atoms with Crippen LogP contribution in [0.5, 0.6) is 5.75 Å². The van der Waals surface area contributed by atoms with Gasteiger partial charge < -0.3 is 14.2 Å². The summed E-state index contributed by atoms with van der Waals surface area (Å²) in [5.41, 5.74) is 0.364. The lowest BCUT2D eigenvalue weighted by molar-refractivity contribution is -0.118. The smallest absolute Gasteiger partial charge is 0.338 e. The molecule has 8 nitrogen and oxygen atoms in total. The number of rotatable bonds is 8. The standard InChI is InChI=1S/C15H17N3O5S/c1-3-22-14(20)10-5-4-6-11(7-10)23-8-12(19)16-15-18-17-13(24-15)9-21-2/h4-7H,3,8-9H2,1-2H3,(H,16,18,19). The monoisotopic (exact) mass is 351 g/mol. The number of esters is 1. The largest absolute Gasteiger partial charge is 0.484 e. The third kappa shape index (κ3) is 5.28. The second kappa shape index (κ2) is 8.94. The summed E-state index contributed by atoms with van der Waals surface area (Å²) in [6.07, 6.45) is 0. The predicted molar refractivity (Wildman–Crippen MR) is 87.1 cm³/mol. The van der Waals surface area contributed by atoms with Gasteiger partial charge in [0.1, 0.15) is 17.4 Å². The molecule has 1 heterocycles. The number of methoxy groups -OCH3 is 1. The van der Waals surface area contributed by atoms with Crippen LogP contribution in [0.2, 0.25) is 0 Å². The minimum Gasteiger partial charge on any atom is -0.484 e. The van der Waals surface area contributed by atoms with E-state index in [1.807, 2.05) is 0 Å². The molecule has 0 atom stereocenters. The summed E-state index contributed by atoms with van der Waals surface area (Å²) in [6.45, 7) is 2.14. The van der Waals surface area contributed by atoms with Crippen molar-refractivity contribution in [1.82, 2.24) is 10.2 Å². The summed E-state index contributed by atoms with van der Waals surface area (Å²) in [7, 11) is 1.55. The van der Waals surface area contributed by atoms with Gasteiger partial charge in [-0.3, -0.25) is 10.1 Å². The number of hydrogen-bond acceptors (Lipinski definition) is 8. The van der Waals surface area contributed by atoms with Gasteiger partial charge in [-0.25, -0.2) is 4.79 Å². The lowest BCUT2D eigenvalue weighted by Crippen LogP contribution is -2.20. The zero-order valence-corrected chi connectivity index (χ0v) is 14.1. The molecule has 0 aliphatic rings. The molecule has 1 aromatic carbocycles. The summed E-state index contributed by atoms with van der Waals surface area (Å²) in [4.78, 5) is 23.5. The van der Waals surface area contributed by atoms with Crippen molar-refractivity contribution < 1.29 is 23.8 Å². The number of amides is 1. The van der Waals surface area contributed by atoms with Crippen LogP contribution in [0, 0.1) is 0 Å². The normalized spacial score (nSPS) is 10.2. The van der Waals surface area contributed by atoms with E-state index >= 15 is 0 Å². The van der Waals surface area contributed by atoms with Crippen LogP contribution in [0.15, 0.2) is 24.3 Å². The quantitative estimate of drug-likeness (QED) is 0.725. The molecule has 0 radical (unpaired) electrons. The number of nitrogens with zero attached hydrogens (tertiary/aromatic N) is 2. The van der Waals surface area contributed by atoms with Crippen LogP contribution in [0.4, 0.5) is 5.13 Å².